The van der Waals surface area contributed by atoms with Gasteiger partial charge in [-0.1, -0.05) is 17.4 Å². The first kappa shape index (κ1) is 13.2. The zero-order valence-corrected chi connectivity index (χ0v) is 12.2. The minimum Gasteiger partial charge on any atom is -0.337 e. The number of anilines is 1. The van der Waals surface area contributed by atoms with E-state index in [9.17, 15) is 0 Å². The number of benzene rings is 1. The van der Waals surface area contributed by atoms with E-state index in [0.717, 1.165) is 15.3 Å². The maximum absolute atomic E-state index is 9.11. The number of nitriles is 1. The SMILES string of the molecule is Cc1cc(C)c2sc(N/C=C(\C#N)c3nnn[nH]3)nc2c1. The Bertz CT molecular complexity index is 855. The van der Waals surface area contributed by atoms with Crippen LogP contribution in [0.3, 0.4) is 0 Å². The van der Waals surface area contributed by atoms with E-state index in [-0.39, 0.29) is 0 Å². The summed E-state index contributed by atoms with van der Waals surface area (Å²) in [5.41, 5.74) is 3.64. The lowest BCUT2D eigenvalue weighted by molar-refractivity contribution is 0.881. The predicted octanol–water partition coefficient (Wildman–Crippen LogP) is 2.40. The molecule has 2 N–H and O–H groups in total. The van der Waals surface area contributed by atoms with Gasteiger partial charge in [0.2, 0.25) is 0 Å². The van der Waals surface area contributed by atoms with Crippen LogP contribution in [0.5, 0.6) is 0 Å². The summed E-state index contributed by atoms with van der Waals surface area (Å²) >= 11 is 1.54. The van der Waals surface area contributed by atoms with Gasteiger partial charge in [-0.15, -0.1) is 5.10 Å². The van der Waals surface area contributed by atoms with Crippen molar-refractivity contribution in [1.29, 1.82) is 5.26 Å². The summed E-state index contributed by atoms with van der Waals surface area (Å²) in [5, 5.41) is 26.0. The third-order valence-electron chi connectivity index (χ3n) is 2.88. The Kier molecular flexibility index (Phi) is 3.33. The molecule has 0 spiro atoms. The van der Waals surface area contributed by atoms with E-state index in [4.69, 9.17) is 5.26 Å². The number of aromatic amines is 1. The maximum Gasteiger partial charge on any atom is 0.191 e. The molecule has 21 heavy (non-hydrogen) atoms. The van der Waals surface area contributed by atoms with Crippen molar-refractivity contribution in [3.8, 4) is 6.07 Å². The molecule has 0 aliphatic rings. The molecular weight excluding hydrogens is 286 g/mol. The van der Waals surface area contributed by atoms with Gasteiger partial charge in [0.05, 0.1) is 10.2 Å². The van der Waals surface area contributed by atoms with Gasteiger partial charge in [0.15, 0.2) is 11.0 Å². The molecular formula is C13H11N7S. The van der Waals surface area contributed by atoms with Crippen LogP contribution in [0.1, 0.15) is 17.0 Å². The minimum absolute atomic E-state index is 0.312. The number of nitrogens with zero attached hydrogens (tertiary/aromatic N) is 5. The van der Waals surface area contributed by atoms with Gasteiger partial charge in [-0.2, -0.15) is 5.26 Å². The minimum atomic E-state index is 0.312. The normalized spacial score (nSPS) is 11.6. The molecule has 0 radical (unpaired) electrons. The fourth-order valence-corrected chi connectivity index (χ4v) is 2.88. The van der Waals surface area contributed by atoms with Gasteiger partial charge in [-0.25, -0.2) is 10.1 Å². The van der Waals surface area contributed by atoms with Gasteiger partial charge < -0.3 is 5.32 Å². The lowest BCUT2D eigenvalue weighted by Crippen LogP contribution is -1.92. The maximum atomic E-state index is 9.11. The average Bonchev–Trinajstić information content (AvgIpc) is 3.08. The second kappa shape index (κ2) is 5.30. The number of hydrogen-bond acceptors (Lipinski definition) is 7. The molecule has 0 aliphatic carbocycles. The average molecular weight is 297 g/mol. The molecule has 2 aromatic heterocycles. The molecule has 2 heterocycles. The van der Waals surface area contributed by atoms with Crippen molar-refractivity contribution < 1.29 is 0 Å². The Labute approximate surface area is 124 Å². The largest absolute Gasteiger partial charge is 0.337 e. The number of nitrogens with one attached hydrogen (secondary N) is 2. The number of allylic oxidation sites excluding steroid dienone is 1. The molecule has 0 fully saturated rings. The molecule has 3 rings (SSSR count). The van der Waals surface area contributed by atoms with Crippen molar-refractivity contribution in [1.82, 2.24) is 25.6 Å². The summed E-state index contributed by atoms with van der Waals surface area (Å²) in [7, 11) is 0. The fourth-order valence-electron chi connectivity index (χ4n) is 2.00. The fraction of sp³-hybridized carbons (Fsp3) is 0.154. The van der Waals surface area contributed by atoms with Crippen LogP contribution in [0, 0.1) is 25.2 Å². The Balaban J connectivity index is 1.92. The summed E-state index contributed by atoms with van der Waals surface area (Å²) in [5.74, 6) is 0.318. The van der Waals surface area contributed by atoms with Crippen LogP contribution >= 0.6 is 11.3 Å². The van der Waals surface area contributed by atoms with Crippen molar-refractivity contribution in [2.75, 3.05) is 5.32 Å². The highest BCUT2D eigenvalue weighted by molar-refractivity contribution is 7.22. The van der Waals surface area contributed by atoms with Crippen LogP contribution in [0.25, 0.3) is 15.8 Å². The van der Waals surface area contributed by atoms with Crippen LogP contribution in [-0.2, 0) is 0 Å². The number of aryl methyl sites for hydroxylation is 2. The third kappa shape index (κ3) is 2.59. The van der Waals surface area contributed by atoms with E-state index >= 15 is 0 Å². The Hall–Kier alpha value is -2.79. The highest BCUT2D eigenvalue weighted by atomic mass is 32.1. The van der Waals surface area contributed by atoms with E-state index in [1.54, 1.807) is 17.5 Å². The molecule has 1 aromatic carbocycles. The second-order valence-electron chi connectivity index (χ2n) is 4.51. The molecule has 0 amide bonds. The number of fused-ring (bicyclic) bond motifs is 1. The summed E-state index contributed by atoms with van der Waals surface area (Å²) < 4.78 is 1.14. The lowest BCUT2D eigenvalue weighted by Gasteiger charge is -1.95. The van der Waals surface area contributed by atoms with E-state index in [1.807, 2.05) is 19.1 Å². The van der Waals surface area contributed by atoms with Gasteiger partial charge in [0.25, 0.3) is 0 Å². The van der Waals surface area contributed by atoms with Gasteiger partial charge >= 0.3 is 0 Å². The number of hydrogen-bond donors (Lipinski definition) is 2. The van der Waals surface area contributed by atoms with Crippen LogP contribution in [0.15, 0.2) is 18.3 Å². The zero-order chi connectivity index (χ0) is 14.8. The van der Waals surface area contributed by atoms with Crippen molar-refractivity contribution >= 4 is 32.3 Å². The smallest absolute Gasteiger partial charge is 0.191 e. The van der Waals surface area contributed by atoms with E-state index < -0.39 is 0 Å². The van der Waals surface area contributed by atoms with E-state index in [0.29, 0.717) is 11.4 Å². The zero-order valence-electron chi connectivity index (χ0n) is 11.4. The molecule has 104 valence electrons. The van der Waals surface area contributed by atoms with Crippen molar-refractivity contribution in [2.45, 2.75) is 13.8 Å². The highest BCUT2D eigenvalue weighted by Crippen LogP contribution is 2.29. The number of aromatic nitrogens is 5. The summed E-state index contributed by atoms with van der Waals surface area (Å²) in [6, 6.07) is 6.20. The second-order valence-corrected chi connectivity index (χ2v) is 5.51. The van der Waals surface area contributed by atoms with Crippen molar-refractivity contribution in [2.24, 2.45) is 0 Å². The Morgan fingerprint density at radius 2 is 2.29 bits per heavy atom. The molecule has 3 aromatic rings. The lowest BCUT2D eigenvalue weighted by atomic mass is 10.1. The Morgan fingerprint density at radius 1 is 1.43 bits per heavy atom. The summed E-state index contributed by atoms with van der Waals surface area (Å²) in [6.07, 6.45) is 1.54. The molecule has 0 unspecified atom stereocenters. The first-order valence-corrected chi connectivity index (χ1v) is 6.97. The topological polar surface area (TPSA) is 103 Å². The molecule has 0 aliphatic heterocycles. The van der Waals surface area contributed by atoms with Crippen molar-refractivity contribution in [3.63, 3.8) is 0 Å². The van der Waals surface area contributed by atoms with Gasteiger partial charge in [0.1, 0.15) is 11.6 Å². The number of tetrazole rings is 1. The quantitative estimate of drug-likeness (QED) is 0.719. The Morgan fingerprint density at radius 3 is 3.00 bits per heavy atom. The molecule has 8 heteroatoms. The molecule has 0 saturated heterocycles. The number of H-pyrrole nitrogens is 1. The summed E-state index contributed by atoms with van der Waals surface area (Å²) in [6.45, 7) is 4.11. The monoisotopic (exact) mass is 297 g/mol. The van der Waals surface area contributed by atoms with Crippen LogP contribution in [0.2, 0.25) is 0 Å². The standard InChI is InChI=1S/C13H11N7S/c1-7-3-8(2)11-10(4-7)16-13(21-11)15-6-9(5-14)12-17-19-20-18-12/h3-4,6H,1-2H3,(H,15,16)(H,17,18,19,20)/b9-6+. The van der Waals surface area contributed by atoms with E-state index in [2.05, 4.69) is 43.9 Å². The summed E-state index contributed by atoms with van der Waals surface area (Å²) in [4.78, 5) is 4.51. The molecule has 7 nitrogen and oxygen atoms in total. The van der Waals surface area contributed by atoms with Gasteiger partial charge in [-0.05, 0) is 41.5 Å². The van der Waals surface area contributed by atoms with Gasteiger partial charge in [0, 0.05) is 6.20 Å². The first-order valence-electron chi connectivity index (χ1n) is 6.16. The highest BCUT2D eigenvalue weighted by Gasteiger charge is 2.08. The molecule has 0 bridgehead atoms. The van der Waals surface area contributed by atoms with Crippen LogP contribution in [0.4, 0.5) is 5.13 Å². The van der Waals surface area contributed by atoms with Gasteiger partial charge in [-0.3, -0.25) is 0 Å². The number of thiazole rings is 1. The third-order valence-corrected chi connectivity index (χ3v) is 4.02. The molecule has 0 saturated carbocycles. The van der Waals surface area contributed by atoms with Crippen LogP contribution in [-0.4, -0.2) is 25.6 Å². The molecule has 0 atom stereocenters. The first-order chi connectivity index (χ1) is 10.2. The predicted molar refractivity (Wildman–Crippen MR) is 80.5 cm³/mol. The van der Waals surface area contributed by atoms with Crippen LogP contribution < -0.4 is 5.32 Å². The van der Waals surface area contributed by atoms with Crippen molar-refractivity contribution in [3.05, 3.63) is 35.3 Å². The van der Waals surface area contributed by atoms with E-state index in [1.165, 1.54) is 11.1 Å². The number of rotatable bonds is 3.